The van der Waals surface area contributed by atoms with E-state index in [-0.39, 0.29) is 0 Å². The minimum absolute atomic E-state index is 0.766. The van der Waals surface area contributed by atoms with Crippen LogP contribution in [0, 0.1) is 0 Å². The third kappa shape index (κ3) is 2.29. The molecule has 0 atom stereocenters. The normalized spacial score (nSPS) is 10.7. The van der Waals surface area contributed by atoms with Crippen molar-refractivity contribution in [3.8, 4) is 11.5 Å². The molecule has 1 aromatic carbocycles. The highest BCUT2D eigenvalue weighted by Gasteiger charge is 2.11. The van der Waals surface area contributed by atoms with Crippen LogP contribution in [0.2, 0.25) is 0 Å². The number of rotatable bonds is 4. The van der Waals surface area contributed by atoms with Crippen LogP contribution >= 0.6 is 0 Å². The molecule has 0 N–H and O–H groups in total. The summed E-state index contributed by atoms with van der Waals surface area (Å²) in [5, 5.41) is 0. The molecule has 0 amide bonds. The number of aliphatic imine (C=N–C) groups is 1. The van der Waals surface area contributed by atoms with Crippen LogP contribution in [-0.4, -0.2) is 27.5 Å². The van der Waals surface area contributed by atoms with Gasteiger partial charge in [-0.05, 0) is 24.1 Å². The van der Waals surface area contributed by atoms with Gasteiger partial charge in [-0.1, -0.05) is 6.92 Å². The van der Waals surface area contributed by atoms with Gasteiger partial charge in [-0.2, -0.15) is 0 Å². The summed E-state index contributed by atoms with van der Waals surface area (Å²) < 4.78 is 10.6. The first-order valence-corrected chi connectivity index (χ1v) is 4.94. The number of methoxy groups -OCH3 is 2. The Morgan fingerprint density at radius 1 is 1.27 bits per heavy atom. The molecule has 0 fully saturated rings. The van der Waals surface area contributed by atoms with Crippen molar-refractivity contribution in [1.29, 1.82) is 0 Å². The summed E-state index contributed by atoms with van der Waals surface area (Å²) in [6.45, 7) is 2.09. The highest BCUT2D eigenvalue weighted by atomic mass is 16.5. The van der Waals surface area contributed by atoms with E-state index in [4.69, 9.17) is 9.47 Å². The quantitative estimate of drug-likeness (QED) is 0.709. The standard InChI is InChI=1S/C12H17NO2/c1-5-10-9(8-13-2)6-7-11(14-3)12(10)15-4/h6-8H,5H2,1-4H3. The Labute approximate surface area is 90.7 Å². The SMILES string of the molecule is CCc1c(C=NC)ccc(OC)c1OC. The lowest BCUT2D eigenvalue weighted by molar-refractivity contribution is 0.352. The molecule has 1 aromatic rings. The Bertz CT molecular complexity index is 359. The van der Waals surface area contributed by atoms with E-state index in [1.54, 1.807) is 21.3 Å². The lowest BCUT2D eigenvalue weighted by Crippen LogP contribution is -1.99. The van der Waals surface area contributed by atoms with Gasteiger partial charge in [-0.3, -0.25) is 4.99 Å². The zero-order valence-electron chi connectivity index (χ0n) is 9.70. The van der Waals surface area contributed by atoms with Crippen LogP contribution in [0.1, 0.15) is 18.1 Å². The lowest BCUT2D eigenvalue weighted by atomic mass is 10.0. The van der Waals surface area contributed by atoms with Crippen LogP contribution in [-0.2, 0) is 6.42 Å². The highest BCUT2D eigenvalue weighted by Crippen LogP contribution is 2.33. The molecule has 0 spiro atoms. The zero-order valence-corrected chi connectivity index (χ0v) is 9.70. The predicted octanol–water partition coefficient (Wildman–Crippen LogP) is 2.31. The molecular weight excluding hydrogens is 190 g/mol. The molecule has 0 bridgehead atoms. The fourth-order valence-corrected chi connectivity index (χ4v) is 1.63. The maximum absolute atomic E-state index is 5.36. The van der Waals surface area contributed by atoms with Crippen LogP contribution in [0.5, 0.6) is 11.5 Å². The smallest absolute Gasteiger partial charge is 0.164 e. The van der Waals surface area contributed by atoms with Crippen LogP contribution in [0.25, 0.3) is 0 Å². The van der Waals surface area contributed by atoms with Crippen molar-refractivity contribution in [3.05, 3.63) is 23.3 Å². The Hall–Kier alpha value is -1.51. The van der Waals surface area contributed by atoms with Crippen LogP contribution in [0.15, 0.2) is 17.1 Å². The average molecular weight is 207 g/mol. The Morgan fingerprint density at radius 2 is 2.00 bits per heavy atom. The number of nitrogens with zero attached hydrogens (tertiary/aromatic N) is 1. The summed E-state index contributed by atoms with van der Waals surface area (Å²) in [6, 6.07) is 3.89. The van der Waals surface area contributed by atoms with Crippen molar-refractivity contribution in [3.63, 3.8) is 0 Å². The Kier molecular flexibility index (Phi) is 4.16. The molecule has 0 aromatic heterocycles. The number of ether oxygens (including phenoxy) is 2. The summed E-state index contributed by atoms with van der Waals surface area (Å²) in [7, 11) is 5.06. The molecule has 15 heavy (non-hydrogen) atoms. The first kappa shape index (κ1) is 11.6. The van der Waals surface area contributed by atoms with Gasteiger partial charge < -0.3 is 9.47 Å². The molecule has 0 heterocycles. The third-order valence-corrected chi connectivity index (χ3v) is 2.31. The summed E-state index contributed by atoms with van der Waals surface area (Å²) in [5.41, 5.74) is 2.21. The van der Waals surface area contributed by atoms with Gasteiger partial charge in [0.1, 0.15) is 0 Å². The summed E-state index contributed by atoms with van der Waals surface area (Å²) in [5.74, 6) is 1.57. The second-order valence-corrected chi connectivity index (χ2v) is 3.11. The van der Waals surface area contributed by atoms with E-state index in [0.29, 0.717) is 0 Å². The Morgan fingerprint density at radius 3 is 2.47 bits per heavy atom. The van der Waals surface area contributed by atoms with E-state index < -0.39 is 0 Å². The second-order valence-electron chi connectivity index (χ2n) is 3.11. The van der Waals surface area contributed by atoms with E-state index in [1.165, 1.54) is 0 Å². The van der Waals surface area contributed by atoms with Crippen molar-refractivity contribution < 1.29 is 9.47 Å². The minimum atomic E-state index is 0.766. The van der Waals surface area contributed by atoms with Crippen molar-refractivity contribution in [2.24, 2.45) is 4.99 Å². The maximum atomic E-state index is 5.36. The summed E-state index contributed by atoms with van der Waals surface area (Å²) in [4.78, 5) is 4.02. The van der Waals surface area contributed by atoms with Crippen molar-refractivity contribution in [2.45, 2.75) is 13.3 Å². The average Bonchev–Trinajstić information content (AvgIpc) is 2.28. The molecule has 0 unspecified atom stereocenters. The van der Waals surface area contributed by atoms with Gasteiger partial charge in [0.15, 0.2) is 11.5 Å². The fraction of sp³-hybridized carbons (Fsp3) is 0.417. The molecule has 0 aliphatic heterocycles. The maximum Gasteiger partial charge on any atom is 0.164 e. The van der Waals surface area contributed by atoms with Crippen molar-refractivity contribution in [1.82, 2.24) is 0 Å². The molecule has 82 valence electrons. The van der Waals surface area contributed by atoms with Gasteiger partial charge >= 0.3 is 0 Å². The number of hydrogen-bond donors (Lipinski definition) is 0. The molecule has 0 aliphatic rings. The summed E-state index contributed by atoms with van der Waals surface area (Å²) >= 11 is 0. The minimum Gasteiger partial charge on any atom is -0.493 e. The molecule has 1 rings (SSSR count). The van der Waals surface area contributed by atoms with Crippen molar-refractivity contribution >= 4 is 6.21 Å². The second kappa shape index (κ2) is 5.39. The van der Waals surface area contributed by atoms with Gasteiger partial charge in [-0.25, -0.2) is 0 Å². The van der Waals surface area contributed by atoms with Crippen LogP contribution in [0.3, 0.4) is 0 Å². The Balaban J connectivity index is 3.33. The number of benzene rings is 1. The summed E-state index contributed by atoms with van der Waals surface area (Å²) in [6.07, 6.45) is 2.72. The molecule has 0 aliphatic carbocycles. The molecule has 0 saturated carbocycles. The van der Waals surface area contributed by atoms with Gasteiger partial charge in [-0.15, -0.1) is 0 Å². The largest absolute Gasteiger partial charge is 0.493 e. The predicted molar refractivity (Wildman–Crippen MR) is 62.4 cm³/mol. The topological polar surface area (TPSA) is 30.8 Å². The molecule has 3 nitrogen and oxygen atoms in total. The van der Waals surface area contributed by atoms with Gasteiger partial charge in [0.25, 0.3) is 0 Å². The van der Waals surface area contributed by atoms with Gasteiger partial charge in [0, 0.05) is 18.8 Å². The van der Waals surface area contributed by atoms with E-state index >= 15 is 0 Å². The van der Waals surface area contributed by atoms with Gasteiger partial charge in [0.2, 0.25) is 0 Å². The molecular formula is C12H17NO2. The van der Waals surface area contributed by atoms with Gasteiger partial charge in [0.05, 0.1) is 14.2 Å². The monoisotopic (exact) mass is 207 g/mol. The molecule has 0 radical (unpaired) electrons. The molecule has 3 heteroatoms. The highest BCUT2D eigenvalue weighted by molar-refractivity contribution is 5.83. The third-order valence-electron chi connectivity index (χ3n) is 2.31. The lowest BCUT2D eigenvalue weighted by Gasteiger charge is -2.13. The van der Waals surface area contributed by atoms with Crippen LogP contribution in [0.4, 0.5) is 0 Å². The van der Waals surface area contributed by atoms with Crippen molar-refractivity contribution in [2.75, 3.05) is 21.3 Å². The van der Waals surface area contributed by atoms with E-state index in [1.807, 2.05) is 18.3 Å². The first-order chi connectivity index (χ1) is 7.28. The van der Waals surface area contributed by atoms with E-state index in [9.17, 15) is 0 Å². The number of hydrogen-bond acceptors (Lipinski definition) is 3. The van der Waals surface area contributed by atoms with E-state index in [0.717, 1.165) is 29.0 Å². The first-order valence-electron chi connectivity index (χ1n) is 4.94. The van der Waals surface area contributed by atoms with E-state index in [2.05, 4.69) is 11.9 Å². The van der Waals surface area contributed by atoms with Crippen LogP contribution < -0.4 is 9.47 Å². The molecule has 0 saturated heterocycles. The zero-order chi connectivity index (χ0) is 11.3. The fourth-order valence-electron chi connectivity index (χ4n) is 1.63.